The smallest absolute Gasteiger partial charge is 0.191 e. The number of ether oxygens (including phenoxy) is 1. The van der Waals surface area contributed by atoms with Gasteiger partial charge in [-0.15, -0.1) is 24.0 Å². The number of halogens is 1. The lowest BCUT2D eigenvalue weighted by Gasteiger charge is -2.26. The summed E-state index contributed by atoms with van der Waals surface area (Å²) in [6, 6.07) is 8.29. The molecule has 3 rings (SSSR count). The van der Waals surface area contributed by atoms with Crippen LogP contribution in [0, 0.1) is 0 Å². The minimum absolute atomic E-state index is 0. The zero-order valence-electron chi connectivity index (χ0n) is 16.6. The Hall–Kier alpha value is -1.02. The number of hydrogen-bond acceptors (Lipinski definition) is 3. The molecule has 1 saturated heterocycles. The average molecular weight is 486 g/mol. The predicted molar refractivity (Wildman–Crippen MR) is 123 cm³/mol. The number of hydrogen-bond donors (Lipinski definition) is 2. The fourth-order valence-corrected chi connectivity index (χ4v) is 3.83. The number of rotatable bonds is 8. The number of unbranched alkanes of at least 4 members (excludes halogenated alkanes) is 2. The van der Waals surface area contributed by atoms with E-state index < -0.39 is 0 Å². The van der Waals surface area contributed by atoms with Crippen LogP contribution in [0.3, 0.4) is 0 Å². The number of fused-ring (bicyclic) bond motifs is 1. The van der Waals surface area contributed by atoms with Crippen LogP contribution in [-0.2, 0) is 6.42 Å². The Morgan fingerprint density at radius 2 is 1.93 bits per heavy atom. The number of aliphatic imine (C=N–C) groups is 1. The fraction of sp³-hybridized carbons (Fsp3) is 0.667. The summed E-state index contributed by atoms with van der Waals surface area (Å²) in [6.45, 7) is 5.64. The van der Waals surface area contributed by atoms with Crippen molar-refractivity contribution in [1.82, 2.24) is 15.5 Å². The van der Waals surface area contributed by atoms with Gasteiger partial charge in [0.15, 0.2) is 5.96 Å². The first-order valence-corrected chi connectivity index (χ1v) is 10.3. The molecule has 0 bridgehead atoms. The van der Waals surface area contributed by atoms with E-state index in [0.29, 0.717) is 0 Å². The van der Waals surface area contributed by atoms with E-state index in [2.05, 4.69) is 32.7 Å². The first-order chi connectivity index (χ1) is 12.8. The molecular weight excluding hydrogens is 451 g/mol. The van der Waals surface area contributed by atoms with E-state index in [0.717, 1.165) is 31.2 Å². The van der Waals surface area contributed by atoms with Crippen LogP contribution in [0.5, 0.6) is 5.75 Å². The molecule has 2 N–H and O–H groups in total. The number of likely N-dealkylation sites (tertiary alicyclic amines) is 1. The van der Waals surface area contributed by atoms with Crippen LogP contribution in [-0.4, -0.2) is 56.7 Å². The van der Waals surface area contributed by atoms with E-state index in [-0.39, 0.29) is 30.1 Å². The average Bonchev–Trinajstić information content (AvgIpc) is 3.10. The molecule has 0 saturated carbocycles. The third kappa shape index (κ3) is 7.49. The number of benzene rings is 1. The Morgan fingerprint density at radius 1 is 1.11 bits per heavy atom. The summed E-state index contributed by atoms with van der Waals surface area (Å²) in [4.78, 5) is 6.94. The molecule has 2 aliphatic rings. The number of guanidine groups is 1. The third-order valence-corrected chi connectivity index (χ3v) is 5.33. The molecule has 0 spiro atoms. The lowest BCUT2D eigenvalue weighted by molar-refractivity contribution is 0.224. The lowest BCUT2D eigenvalue weighted by Crippen LogP contribution is -2.42. The molecule has 1 aromatic carbocycles. The second kappa shape index (κ2) is 12.4. The maximum absolute atomic E-state index is 5.97. The van der Waals surface area contributed by atoms with Crippen LogP contribution in [0.2, 0.25) is 0 Å². The monoisotopic (exact) mass is 486 g/mol. The minimum Gasteiger partial charge on any atom is -0.488 e. The normalized spacial score (nSPS) is 19.7. The van der Waals surface area contributed by atoms with Gasteiger partial charge in [-0.3, -0.25) is 4.99 Å². The highest BCUT2D eigenvalue weighted by Crippen LogP contribution is 2.27. The quantitative estimate of drug-likeness (QED) is 0.256. The van der Waals surface area contributed by atoms with Crippen LogP contribution in [0.1, 0.15) is 44.1 Å². The third-order valence-electron chi connectivity index (χ3n) is 5.33. The minimum atomic E-state index is 0. The summed E-state index contributed by atoms with van der Waals surface area (Å²) in [7, 11) is 1.83. The summed E-state index contributed by atoms with van der Waals surface area (Å²) >= 11 is 0. The standard InChI is InChI=1S/C21H34N4O.HI/c1-22-21(23-12-6-2-7-13-25-14-8-3-9-15-25)24-17-19-16-18-10-4-5-11-20(18)26-19;/h4-5,10-11,19H,2-3,6-9,12-17H2,1H3,(H2,22,23,24);1H. The van der Waals surface area contributed by atoms with Crippen molar-refractivity contribution in [3.05, 3.63) is 29.8 Å². The summed E-state index contributed by atoms with van der Waals surface area (Å²) < 4.78 is 5.97. The summed E-state index contributed by atoms with van der Waals surface area (Å²) in [5.41, 5.74) is 1.30. The van der Waals surface area contributed by atoms with Gasteiger partial charge in [-0.25, -0.2) is 0 Å². The van der Waals surface area contributed by atoms with Crippen LogP contribution in [0.25, 0.3) is 0 Å². The van der Waals surface area contributed by atoms with Gasteiger partial charge in [-0.05, 0) is 56.9 Å². The molecular formula is C21H35IN4O. The van der Waals surface area contributed by atoms with Crippen molar-refractivity contribution in [2.75, 3.05) is 39.8 Å². The van der Waals surface area contributed by atoms with Crippen LogP contribution >= 0.6 is 24.0 Å². The van der Waals surface area contributed by atoms with Crippen molar-refractivity contribution in [3.8, 4) is 5.75 Å². The first kappa shape index (κ1) is 22.3. The number of nitrogens with one attached hydrogen (secondary N) is 2. The summed E-state index contributed by atoms with van der Waals surface area (Å²) in [5, 5.41) is 6.82. The van der Waals surface area contributed by atoms with Crippen molar-refractivity contribution in [2.24, 2.45) is 4.99 Å². The Kier molecular flexibility index (Phi) is 10.3. The molecule has 1 aromatic rings. The summed E-state index contributed by atoms with van der Waals surface area (Å²) in [6.07, 6.45) is 9.14. The van der Waals surface area contributed by atoms with E-state index in [4.69, 9.17) is 4.74 Å². The van der Waals surface area contributed by atoms with Crippen molar-refractivity contribution in [1.29, 1.82) is 0 Å². The van der Waals surface area contributed by atoms with Crippen LogP contribution in [0.15, 0.2) is 29.3 Å². The molecule has 27 heavy (non-hydrogen) atoms. The lowest BCUT2D eigenvalue weighted by atomic mass is 10.1. The van der Waals surface area contributed by atoms with Crippen molar-refractivity contribution < 1.29 is 4.74 Å². The van der Waals surface area contributed by atoms with E-state index in [1.807, 2.05) is 19.2 Å². The zero-order chi connectivity index (χ0) is 18.0. The van der Waals surface area contributed by atoms with Gasteiger partial charge in [0.25, 0.3) is 0 Å². The highest BCUT2D eigenvalue weighted by Gasteiger charge is 2.22. The number of piperidine rings is 1. The van der Waals surface area contributed by atoms with Crippen LogP contribution < -0.4 is 15.4 Å². The van der Waals surface area contributed by atoms with Gasteiger partial charge in [-0.2, -0.15) is 0 Å². The van der Waals surface area contributed by atoms with Gasteiger partial charge in [0, 0.05) is 20.0 Å². The second-order valence-corrected chi connectivity index (χ2v) is 7.39. The SMILES string of the molecule is CN=C(NCCCCCN1CCCCC1)NCC1Cc2ccccc2O1.I. The van der Waals surface area contributed by atoms with Crippen LogP contribution in [0.4, 0.5) is 0 Å². The molecule has 0 aliphatic carbocycles. The van der Waals surface area contributed by atoms with E-state index in [1.54, 1.807) is 0 Å². The van der Waals surface area contributed by atoms with Gasteiger partial charge in [0.05, 0.1) is 6.54 Å². The molecule has 2 aliphatic heterocycles. The van der Waals surface area contributed by atoms with Gasteiger partial charge in [-0.1, -0.05) is 31.0 Å². The van der Waals surface area contributed by atoms with E-state index >= 15 is 0 Å². The molecule has 0 amide bonds. The Morgan fingerprint density at radius 3 is 2.70 bits per heavy atom. The molecule has 152 valence electrons. The molecule has 1 unspecified atom stereocenters. The van der Waals surface area contributed by atoms with Gasteiger partial charge < -0.3 is 20.3 Å². The van der Waals surface area contributed by atoms with Crippen molar-refractivity contribution in [3.63, 3.8) is 0 Å². The van der Waals surface area contributed by atoms with Gasteiger partial charge in [0.2, 0.25) is 0 Å². The number of para-hydroxylation sites is 1. The fourth-order valence-electron chi connectivity index (χ4n) is 3.83. The molecule has 0 aromatic heterocycles. The van der Waals surface area contributed by atoms with Crippen molar-refractivity contribution >= 4 is 29.9 Å². The molecule has 6 heteroatoms. The molecule has 0 radical (unpaired) electrons. The first-order valence-electron chi connectivity index (χ1n) is 10.3. The van der Waals surface area contributed by atoms with E-state index in [9.17, 15) is 0 Å². The van der Waals surface area contributed by atoms with Gasteiger partial charge in [0.1, 0.15) is 11.9 Å². The van der Waals surface area contributed by atoms with E-state index in [1.165, 1.54) is 63.7 Å². The molecule has 2 heterocycles. The molecule has 1 fully saturated rings. The largest absolute Gasteiger partial charge is 0.488 e. The predicted octanol–water partition coefficient (Wildman–Crippen LogP) is 3.43. The Balaban J connectivity index is 0.00000261. The zero-order valence-corrected chi connectivity index (χ0v) is 18.9. The maximum atomic E-state index is 5.97. The number of nitrogens with zero attached hydrogens (tertiary/aromatic N) is 2. The Labute approximate surface area is 181 Å². The highest BCUT2D eigenvalue weighted by molar-refractivity contribution is 14.0. The highest BCUT2D eigenvalue weighted by atomic mass is 127. The molecule has 1 atom stereocenters. The maximum Gasteiger partial charge on any atom is 0.191 e. The van der Waals surface area contributed by atoms with Crippen molar-refractivity contribution in [2.45, 2.75) is 51.0 Å². The molecule has 5 nitrogen and oxygen atoms in total. The van der Waals surface area contributed by atoms with Gasteiger partial charge >= 0.3 is 0 Å². The summed E-state index contributed by atoms with van der Waals surface area (Å²) in [5.74, 6) is 1.90. The Bertz CT molecular complexity index is 550. The topological polar surface area (TPSA) is 48.9 Å². The second-order valence-electron chi connectivity index (χ2n) is 7.39.